The van der Waals surface area contributed by atoms with E-state index in [1.54, 1.807) is 18.9 Å². The monoisotopic (exact) mass is 228 g/mol. The van der Waals surface area contributed by atoms with Crippen LogP contribution in [0.25, 0.3) is 11.4 Å². The SMILES string of the molecule is Cc1cc(-c2ncc[nH]2)c(C)n1-n1cnnc1. The van der Waals surface area contributed by atoms with Gasteiger partial charge in [-0.1, -0.05) is 0 Å². The highest BCUT2D eigenvalue weighted by Crippen LogP contribution is 2.23. The number of rotatable bonds is 2. The Balaban J connectivity index is 2.19. The highest BCUT2D eigenvalue weighted by molar-refractivity contribution is 5.60. The molecule has 0 amide bonds. The van der Waals surface area contributed by atoms with Gasteiger partial charge in [0.1, 0.15) is 18.5 Å². The third-order valence-electron chi connectivity index (χ3n) is 2.79. The number of nitrogens with one attached hydrogen (secondary N) is 1. The largest absolute Gasteiger partial charge is 0.345 e. The molecule has 0 radical (unpaired) electrons. The van der Waals surface area contributed by atoms with Crippen LogP contribution in [0, 0.1) is 13.8 Å². The topological polar surface area (TPSA) is 64.3 Å². The minimum absolute atomic E-state index is 0.873. The Morgan fingerprint density at radius 3 is 2.59 bits per heavy atom. The predicted octanol–water partition coefficient (Wildman–Crippen LogP) is 1.40. The van der Waals surface area contributed by atoms with Gasteiger partial charge >= 0.3 is 0 Å². The quantitative estimate of drug-likeness (QED) is 0.721. The van der Waals surface area contributed by atoms with E-state index < -0.39 is 0 Å². The molecular formula is C11H12N6. The van der Waals surface area contributed by atoms with E-state index >= 15 is 0 Å². The van der Waals surface area contributed by atoms with Gasteiger partial charge in [-0.3, -0.25) is 4.68 Å². The van der Waals surface area contributed by atoms with Crippen molar-refractivity contribution in [2.45, 2.75) is 13.8 Å². The van der Waals surface area contributed by atoms with Crippen LogP contribution in [0.1, 0.15) is 11.4 Å². The summed E-state index contributed by atoms with van der Waals surface area (Å²) in [7, 11) is 0. The fraction of sp³-hybridized carbons (Fsp3) is 0.182. The van der Waals surface area contributed by atoms with Gasteiger partial charge in [0.25, 0.3) is 0 Å². The fourth-order valence-corrected chi connectivity index (χ4v) is 2.06. The molecule has 3 heterocycles. The lowest BCUT2D eigenvalue weighted by molar-refractivity contribution is 0.622. The van der Waals surface area contributed by atoms with Crippen LogP contribution in [0.15, 0.2) is 31.1 Å². The number of imidazole rings is 1. The Hall–Kier alpha value is -2.37. The van der Waals surface area contributed by atoms with Crippen LogP contribution in [0.2, 0.25) is 0 Å². The summed E-state index contributed by atoms with van der Waals surface area (Å²) in [6, 6.07) is 2.09. The van der Waals surface area contributed by atoms with Crippen molar-refractivity contribution in [1.82, 2.24) is 29.5 Å². The highest BCUT2D eigenvalue weighted by atomic mass is 15.5. The molecule has 0 aromatic carbocycles. The molecule has 0 bridgehead atoms. The third-order valence-corrected chi connectivity index (χ3v) is 2.79. The second-order valence-electron chi connectivity index (χ2n) is 3.88. The first-order chi connectivity index (χ1) is 8.27. The van der Waals surface area contributed by atoms with Gasteiger partial charge in [0, 0.05) is 29.3 Å². The number of nitrogens with zero attached hydrogens (tertiary/aromatic N) is 5. The summed E-state index contributed by atoms with van der Waals surface area (Å²) < 4.78 is 3.88. The standard InChI is InChI=1S/C11H12N6/c1-8-5-10(11-12-3-4-13-11)9(2)17(8)16-6-14-15-7-16/h3-7H,1-2H3,(H,12,13). The molecule has 6 nitrogen and oxygen atoms in total. The number of aromatic amines is 1. The fourth-order valence-electron chi connectivity index (χ4n) is 2.06. The van der Waals surface area contributed by atoms with E-state index in [0.29, 0.717) is 0 Å². The van der Waals surface area contributed by atoms with Crippen molar-refractivity contribution in [2.24, 2.45) is 0 Å². The summed E-state index contributed by atoms with van der Waals surface area (Å²) >= 11 is 0. The maximum Gasteiger partial charge on any atom is 0.139 e. The van der Waals surface area contributed by atoms with Gasteiger partial charge in [-0.05, 0) is 19.9 Å². The van der Waals surface area contributed by atoms with E-state index in [-0.39, 0.29) is 0 Å². The summed E-state index contributed by atoms with van der Waals surface area (Å²) in [5, 5.41) is 7.64. The Morgan fingerprint density at radius 2 is 1.94 bits per heavy atom. The smallest absolute Gasteiger partial charge is 0.139 e. The van der Waals surface area contributed by atoms with E-state index in [1.165, 1.54) is 0 Å². The van der Waals surface area contributed by atoms with Crippen LogP contribution in [0.3, 0.4) is 0 Å². The summed E-state index contributed by atoms with van der Waals surface area (Å²) in [5.41, 5.74) is 3.28. The van der Waals surface area contributed by atoms with Crippen molar-refractivity contribution in [2.75, 3.05) is 0 Å². The molecule has 0 aliphatic carbocycles. The van der Waals surface area contributed by atoms with Gasteiger partial charge in [-0.2, -0.15) is 0 Å². The first-order valence-electron chi connectivity index (χ1n) is 5.31. The van der Waals surface area contributed by atoms with E-state index in [9.17, 15) is 0 Å². The van der Waals surface area contributed by atoms with Crippen LogP contribution in [0.4, 0.5) is 0 Å². The number of aromatic nitrogens is 6. The Labute approximate surface area is 97.9 Å². The van der Waals surface area contributed by atoms with Gasteiger partial charge in [-0.15, -0.1) is 10.2 Å². The molecular weight excluding hydrogens is 216 g/mol. The molecule has 3 aromatic heterocycles. The summed E-state index contributed by atoms with van der Waals surface area (Å²) in [6.07, 6.45) is 6.91. The number of H-pyrrole nitrogens is 1. The van der Waals surface area contributed by atoms with Crippen LogP contribution < -0.4 is 0 Å². The van der Waals surface area contributed by atoms with Gasteiger partial charge in [0.2, 0.25) is 0 Å². The molecule has 3 rings (SSSR count). The number of hydrogen-bond donors (Lipinski definition) is 1. The van der Waals surface area contributed by atoms with Gasteiger partial charge in [0.05, 0.1) is 0 Å². The second-order valence-corrected chi connectivity index (χ2v) is 3.88. The maximum absolute atomic E-state index is 4.27. The molecule has 0 saturated heterocycles. The molecule has 0 fully saturated rings. The minimum atomic E-state index is 0.873. The van der Waals surface area contributed by atoms with Crippen molar-refractivity contribution >= 4 is 0 Å². The maximum atomic E-state index is 4.27. The second kappa shape index (κ2) is 3.58. The van der Waals surface area contributed by atoms with Crippen molar-refractivity contribution in [3.05, 3.63) is 42.5 Å². The Kier molecular flexibility index (Phi) is 2.07. The zero-order chi connectivity index (χ0) is 11.8. The number of aryl methyl sites for hydroxylation is 1. The summed E-state index contributed by atoms with van der Waals surface area (Å²) in [5.74, 6) is 0.873. The summed E-state index contributed by atoms with van der Waals surface area (Å²) in [6.45, 7) is 4.09. The normalized spacial score (nSPS) is 10.9. The molecule has 0 atom stereocenters. The molecule has 1 N–H and O–H groups in total. The van der Waals surface area contributed by atoms with Crippen LogP contribution in [0.5, 0.6) is 0 Å². The Bertz CT molecular complexity index is 617. The van der Waals surface area contributed by atoms with E-state index in [1.807, 2.05) is 29.4 Å². The number of hydrogen-bond acceptors (Lipinski definition) is 3. The molecule has 86 valence electrons. The lowest BCUT2D eigenvalue weighted by Gasteiger charge is -2.08. The average Bonchev–Trinajstić information content (AvgIpc) is 2.99. The molecule has 3 aromatic rings. The Morgan fingerprint density at radius 1 is 1.18 bits per heavy atom. The summed E-state index contributed by atoms with van der Waals surface area (Å²) in [4.78, 5) is 7.39. The van der Waals surface area contributed by atoms with Gasteiger partial charge in [-0.25, -0.2) is 9.66 Å². The predicted molar refractivity (Wildman–Crippen MR) is 62.3 cm³/mol. The van der Waals surface area contributed by atoms with Crippen molar-refractivity contribution in [3.63, 3.8) is 0 Å². The zero-order valence-corrected chi connectivity index (χ0v) is 9.62. The first-order valence-corrected chi connectivity index (χ1v) is 5.31. The lowest BCUT2D eigenvalue weighted by Crippen LogP contribution is -2.10. The van der Waals surface area contributed by atoms with Crippen LogP contribution in [-0.4, -0.2) is 29.5 Å². The third kappa shape index (κ3) is 1.45. The molecule has 0 aliphatic heterocycles. The first kappa shape index (κ1) is 9.83. The van der Waals surface area contributed by atoms with E-state index in [4.69, 9.17) is 0 Å². The van der Waals surface area contributed by atoms with E-state index in [0.717, 1.165) is 22.8 Å². The zero-order valence-electron chi connectivity index (χ0n) is 9.62. The molecule has 6 heteroatoms. The highest BCUT2D eigenvalue weighted by Gasteiger charge is 2.13. The van der Waals surface area contributed by atoms with Gasteiger partial charge < -0.3 is 4.98 Å². The lowest BCUT2D eigenvalue weighted by atomic mass is 10.2. The van der Waals surface area contributed by atoms with Crippen LogP contribution in [-0.2, 0) is 0 Å². The van der Waals surface area contributed by atoms with E-state index in [2.05, 4.69) is 26.2 Å². The molecule has 0 saturated carbocycles. The minimum Gasteiger partial charge on any atom is -0.345 e. The van der Waals surface area contributed by atoms with Crippen molar-refractivity contribution < 1.29 is 0 Å². The molecule has 17 heavy (non-hydrogen) atoms. The average molecular weight is 228 g/mol. The molecule has 0 aliphatic rings. The van der Waals surface area contributed by atoms with Crippen molar-refractivity contribution in [1.29, 1.82) is 0 Å². The molecule has 0 unspecified atom stereocenters. The van der Waals surface area contributed by atoms with Crippen molar-refractivity contribution in [3.8, 4) is 11.4 Å². The molecule has 0 spiro atoms. The van der Waals surface area contributed by atoms with Crippen LogP contribution >= 0.6 is 0 Å². The van der Waals surface area contributed by atoms with Gasteiger partial charge in [0.15, 0.2) is 0 Å².